The van der Waals surface area contributed by atoms with Crippen LogP contribution < -0.4 is 11.1 Å². The van der Waals surface area contributed by atoms with E-state index >= 15 is 0 Å². The number of halogens is 1. The maximum absolute atomic E-state index is 12.6. The summed E-state index contributed by atoms with van der Waals surface area (Å²) in [4.78, 5) is 27.2. The zero-order valence-corrected chi connectivity index (χ0v) is 17.1. The van der Waals surface area contributed by atoms with Crippen LogP contribution >= 0.6 is 11.6 Å². The number of oxazole rings is 1. The van der Waals surface area contributed by atoms with Crippen molar-refractivity contribution >= 4 is 28.6 Å². The molecular formula is C21H28ClN3O3. The Morgan fingerprint density at radius 1 is 1.25 bits per heavy atom. The molecule has 2 aromatic rings. The second-order valence-electron chi connectivity index (χ2n) is 8.32. The molecule has 1 saturated heterocycles. The summed E-state index contributed by atoms with van der Waals surface area (Å²) in [5, 5.41) is 3.81. The lowest BCUT2D eigenvalue weighted by molar-refractivity contribution is -0.123. The monoisotopic (exact) mass is 405 g/mol. The summed E-state index contributed by atoms with van der Waals surface area (Å²) in [7, 11) is 0. The van der Waals surface area contributed by atoms with Crippen molar-refractivity contribution in [1.29, 1.82) is 0 Å². The van der Waals surface area contributed by atoms with E-state index in [9.17, 15) is 9.59 Å². The van der Waals surface area contributed by atoms with Gasteiger partial charge in [-0.25, -0.2) is 4.79 Å². The molecule has 6 nitrogen and oxygen atoms in total. The minimum absolute atomic E-state index is 0.0117. The Balaban J connectivity index is 1.43. The first-order chi connectivity index (χ1) is 13.5. The lowest BCUT2D eigenvalue weighted by atomic mass is 9.86. The summed E-state index contributed by atoms with van der Waals surface area (Å²) in [6.07, 6.45) is 6.55. The van der Waals surface area contributed by atoms with E-state index in [4.69, 9.17) is 16.0 Å². The predicted molar refractivity (Wildman–Crippen MR) is 110 cm³/mol. The fourth-order valence-electron chi connectivity index (χ4n) is 4.72. The van der Waals surface area contributed by atoms with Gasteiger partial charge < -0.3 is 9.73 Å². The maximum atomic E-state index is 12.6. The number of benzene rings is 1. The highest BCUT2D eigenvalue weighted by Gasteiger charge is 2.28. The van der Waals surface area contributed by atoms with Gasteiger partial charge in [-0.1, -0.05) is 31.4 Å². The van der Waals surface area contributed by atoms with Crippen LogP contribution in [0.15, 0.2) is 27.4 Å². The number of piperidine rings is 1. The Morgan fingerprint density at radius 2 is 2.07 bits per heavy atom. The molecule has 1 aromatic heterocycles. The van der Waals surface area contributed by atoms with Gasteiger partial charge in [0.25, 0.3) is 0 Å². The van der Waals surface area contributed by atoms with E-state index in [0.717, 1.165) is 31.3 Å². The average molecular weight is 406 g/mol. The van der Waals surface area contributed by atoms with E-state index in [2.05, 4.69) is 17.1 Å². The molecule has 0 bridgehead atoms. The number of amides is 1. The van der Waals surface area contributed by atoms with E-state index in [1.165, 1.54) is 19.3 Å². The van der Waals surface area contributed by atoms with Crippen LogP contribution in [0.25, 0.3) is 11.1 Å². The van der Waals surface area contributed by atoms with Gasteiger partial charge in [-0.2, -0.15) is 0 Å². The Hall–Kier alpha value is -1.79. The van der Waals surface area contributed by atoms with Crippen LogP contribution in [-0.4, -0.2) is 41.1 Å². The number of hydrogen-bond donors (Lipinski definition) is 1. The molecular weight excluding hydrogens is 378 g/mol. The SMILES string of the molecule is C[C@H]1CCCC[C@H]1NC(=O)CN1CCC[C@H](n2c(=O)oc3ccc(Cl)cc32)C1. The normalized spacial score (nSPS) is 26.4. The summed E-state index contributed by atoms with van der Waals surface area (Å²) in [6.45, 7) is 4.14. The molecule has 28 heavy (non-hydrogen) atoms. The van der Waals surface area contributed by atoms with Crippen molar-refractivity contribution < 1.29 is 9.21 Å². The standard InChI is InChI=1S/C21H28ClN3O3/c1-14-5-2-3-7-17(14)23-20(26)13-24-10-4-6-16(12-24)25-18-11-15(22)8-9-19(18)28-21(25)27/h8-9,11,14,16-17H,2-7,10,12-13H2,1H3,(H,23,26)/t14-,16-,17+/m0/s1. The predicted octanol–water partition coefficient (Wildman–Crippen LogP) is 3.58. The molecule has 1 amide bonds. The largest absolute Gasteiger partial charge is 0.420 e. The molecule has 0 unspecified atom stereocenters. The van der Waals surface area contributed by atoms with Gasteiger partial charge in [0.1, 0.15) is 0 Å². The Morgan fingerprint density at radius 3 is 2.89 bits per heavy atom. The van der Waals surface area contributed by atoms with Crippen molar-refractivity contribution in [3.8, 4) is 0 Å². The van der Waals surface area contributed by atoms with Gasteiger partial charge in [-0.05, 0) is 56.3 Å². The summed E-state index contributed by atoms with van der Waals surface area (Å²) in [5.41, 5.74) is 1.28. The van der Waals surface area contributed by atoms with Gasteiger partial charge in [0.05, 0.1) is 18.1 Å². The third-order valence-corrected chi connectivity index (χ3v) is 6.48. The zero-order valence-electron chi connectivity index (χ0n) is 16.3. The lowest BCUT2D eigenvalue weighted by Gasteiger charge is -2.34. The summed E-state index contributed by atoms with van der Waals surface area (Å²) in [6, 6.07) is 5.51. The second-order valence-corrected chi connectivity index (χ2v) is 8.75. The van der Waals surface area contributed by atoms with Crippen LogP contribution in [0.3, 0.4) is 0 Å². The first-order valence-electron chi connectivity index (χ1n) is 10.3. The van der Waals surface area contributed by atoms with Crippen LogP contribution in [-0.2, 0) is 4.79 Å². The molecule has 0 radical (unpaired) electrons. The minimum Gasteiger partial charge on any atom is -0.408 e. The quantitative estimate of drug-likeness (QED) is 0.844. The smallest absolute Gasteiger partial charge is 0.408 e. The molecule has 2 aliphatic rings. The number of carbonyl (C=O) groups excluding carboxylic acids is 1. The highest BCUT2D eigenvalue weighted by atomic mass is 35.5. The van der Waals surface area contributed by atoms with Gasteiger partial charge in [0.2, 0.25) is 5.91 Å². The van der Waals surface area contributed by atoms with Gasteiger partial charge in [0.15, 0.2) is 5.58 Å². The minimum atomic E-state index is -0.357. The molecule has 1 aromatic carbocycles. The summed E-state index contributed by atoms with van der Waals surface area (Å²) >= 11 is 6.12. The van der Waals surface area contributed by atoms with Crippen molar-refractivity contribution in [1.82, 2.24) is 14.8 Å². The number of aromatic nitrogens is 1. The number of rotatable bonds is 4. The number of carbonyl (C=O) groups is 1. The molecule has 1 aliphatic heterocycles. The lowest BCUT2D eigenvalue weighted by Crippen LogP contribution is -2.48. The Labute approximate surface area is 169 Å². The van der Waals surface area contributed by atoms with Crippen LogP contribution in [0.4, 0.5) is 0 Å². The van der Waals surface area contributed by atoms with Crippen LogP contribution in [0, 0.1) is 5.92 Å². The van der Waals surface area contributed by atoms with Gasteiger partial charge in [-0.3, -0.25) is 14.3 Å². The fraction of sp³-hybridized carbons (Fsp3) is 0.619. The van der Waals surface area contributed by atoms with E-state index < -0.39 is 0 Å². The Kier molecular flexibility index (Phi) is 5.78. The van der Waals surface area contributed by atoms with Crippen molar-refractivity contribution in [2.24, 2.45) is 5.92 Å². The topological polar surface area (TPSA) is 67.5 Å². The van der Waals surface area contributed by atoms with Crippen LogP contribution in [0.1, 0.15) is 51.5 Å². The second kappa shape index (κ2) is 8.29. The van der Waals surface area contributed by atoms with Crippen LogP contribution in [0.2, 0.25) is 5.02 Å². The van der Waals surface area contributed by atoms with Crippen molar-refractivity contribution in [2.75, 3.05) is 19.6 Å². The number of likely N-dealkylation sites (tertiary alicyclic amines) is 1. The molecule has 2 heterocycles. The fourth-order valence-corrected chi connectivity index (χ4v) is 4.89. The zero-order chi connectivity index (χ0) is 19.7. The molecule has 4 rings (SSSR count). The van der Waals surface area contributed by atoms with E-state index in [1.54, 1.807) is 22.8 Å². The molecule has 3 atom stereocenters. The number of nitrogens with one attached hydrogen (secondary N) is 1. The van der Waals surface area contributed by atoms with Crippen molar-refractivity contribution in [3.63, 3.8) is 0 Å². The number of fused-ring (bicyclic) bond motifs is 1. The first kappa shape index (κ1) is 19.5. The third-order valence-electron chi connectivity index (χ3n) is 6.25. The van der Waals surface area contributed by atoms with Gasteiger partial charge >= 0.3 is 5.76 Å². The average Bonchev–Trinajstić information content (AvgIpc) is 2.99. The first-order valence-corrected chi connectivity index (χ1v) is 10.7. The highest BCUT2D eigenvalue weighted by molar-refractivity contribution is 6.31. The molecule has 0 spiro atoms. The molecule has 1 saturated carbocycles. The van der Waals surface area contributed by atoms with E-state index in [-0.39, 0.29) is 17.7 Å². The van der Waals surface area contributed by atoms with Crippen LogP contribution in [0.5, 0.6) is 0 Å². The molecule has 152 valence electrons. The highest BCUT2D eigenvalue weighted by Crippen LogP contribution is 2.27. The van der Waals surface area contributed by atoms with E-state index in [0.29, 0.717) is 35.7 Å². The summed E-state index contributed by atoms with van der Waals surface area (Å²) in [5.74, 6) is 0.281. The van der Waals surface area contributed by atoms with Crippen molar-refractivity contribution in [3.05, 3.63) is 33.8 Å². The van der Waals surface area contributed by atoms with Crippen molar-refractivity contribution in [2.45, 2.75) is 57.5 Å². The number of hydrogen-bond acceptors (Lipinski definition) is 4. The maximum Gasteiger partial charge on any atom is 0.420 e. The van der Waals surface area contributed by atoms with Gasteiger partial charge in [0, 0.05) is 17.6 Å². The van der Waals surface area contributed by atoms with Gasteiger partial charge in [-0.15, -0.1) is 0 Å². The third kappa shape index (κ3) is 4.13. The molecule has 1 N–H and O–H groups in total. The molecule has 1 aliphatic carbocycles. The number of nitrogens with zero attached hydrogens (tertiary/aromatic N) is 2. The van der Waals surface area contributed by atoms with E-state index in [1.807, 2.05) is 0 Å². The Bertz CT molecular complexity index is 906. The summed E-state index contributed by atoms with van der Waals surface area (Å²) < 4.78 is 7.09. The molecule has 2 fully saturated rings. The molecule has 7 heteroatoms.